The van der Waals surface area contributed by atoms with Crippen LogP contribution in [0.5, 0.6) is 0 Å². The van der Waals surface area contributed by atoms with Gasteiger partial charge in [-0.25, -0.2) is 0 Å². The number of aliphatic hydroxyl groups excluding tert-OH is 4. The van der Waals surface area contributed by atoms with Crippen LogP contribution in [0.4, 0.5) is 0 Å². The van der Waals surface area contributed by atoms with Gasteiger partial charge in [-0.15, -0.1) is 0 Å². The average molecular weight is 163 g/mol. The van der Waals surface area contributed by atoms with Crippen LogP contribution in [0.15, 0.2) is 0 Å². The van der Waals surface area contributed by atoms with Crippen molar-refractivity contribution in [1.82, 2.24) is 5.32 Å². The molecule has 1 aliphatic rings. The van der Waals surface area contributed by atoms with E-state index in [0.717, 1.165) is 0 Å². The first-order valence-electron chi connectivity index (χ1n) is 3.52. The fraction of sp³-hybridized carbons (Fsp3) is 1.00. The minimum absolute atomic E-state index is 0.414. The molecule has 0 aliphatic carbocycles. The molecule has 1 heterocycles. The Morgan fingerprint density at radius 2 is 1.45 bits per heavy atom. The quantitative estimate of drug-likeness (QED) is 0.269. The Bertz CT molecular complexity index is 129. The third-order valence-electron chi connectivity index (χ3n) is 1.97. The van der Waals surface area contributed by atoms with Crippen LogP contribution < -0.4 is 5.32 Å². The topological polar surface area (TPSA) is 93.0 Å². The molecule has 5 heteroatoms. The molecule has 0 saturated carbocycles. The maximum Gasteiger partial charge on any atom is 0.134 e. The van der Waals surface area contributed by atoms with Gasteiger partial charge >= 0.3 is 0 Å². The van der Waals surface area contributed by atoms with Gasteiger partial charge in [-0.1, -0.05) is 0 Å². The van der Waals surface area contributed by atoms with Crippen LogP contribution in [-0.4, -0.2) is 51.0 Å². The van der Waals surface area contributed by atoms with Crippen molar-refractivity contribution < 1.29 is 20.4 Å². The highest BCUT2D eigenvalue weighted by atomic mass is 16.4. The lowest BCUT2D eigenvalue weighted by atomic mass is 9.96. The van der Waals surface area contributed by atoms with Crippen molar-refractivity contribution in [3.05, 3.63) is 0 Å². The second-order valence-corrected chi connectivity index (χ2v) is 2.87. The van der Waals surface area contributed by atoms with Crippen LogP contribution in [-0.2, 0) is 0 Å². The van der Waals surface area contributed by atoms with Gasteiger partial charge in [0.1, 0.15) is 18.4 Å². The SMILES string of the molecule is C[C@H]1N[C@H](O)[C@H](O)[C@H](O)[C@@H]1O. The predicted octanol–water partition coefficient (Wildman–Crippen LogP) is -2.62. The molecule has 0 unspecified atom stereocenters. The van der Waals surface area contributed by atoms with Crippen molar-refractivity contribution in [2.75, 3.05) is 0 Å². The lowest BCUT2D eigenvalue weighted by molar-refractivity contribution is -0.154. The van der Waals surface area contributed by atoms with Gasteiger partial charge in [0.2, 0.25) is 0 Å². The Morgan fingerprint density at radius 3 is 2.00 bits per heavy atom. The minimum atomic E-state index is -1.32. The Balaban J connectivity index is 2.63. The fourth-order valence-electron chi connectivity index (χ4n) is 1.15. The summed E-state index contributed by atoms with van der Waals surface area (Å²) in [5.41, 5.74) is 0. The molecule has 66 valence electrons. The Kier molecular flexibility index (Phi) is 2.46. The number of nitrogens with one attached hydrogen (secondary N) is 1. The molecule has 11 heavy (non-hydrogen) atoms. The summed E-state index contributed by atoms with van der Waals surface area (Å²) in [5.74, 6) is 0. The summed E-state index contributed by atoms with van der Waals surface area (Å²) < 4.78 is 0. The molecule has 1 rings (SSSR count). The normalized spacial score (nSPS) is 52.6. The molecule has 0 spiro atoms. The first-order valence-corrected chi connectivity index (χ1v) is 3.52. The maximum atomic E-state index is 9.15. The van der Waals surface area contributed by atoms with E-state index < -0.39 is 30.6 Å². The summed E-state index contributed by atoms with van der Waals surface area (Å²) in [7, 11) is 0. The second kappa shape index (κ2) is 3.04. The summed E-state index contributed by atoms with van der Waals surface area (Å²) in [6, 6.07) is -0.414. The van der Waals surface area contributed by atoms with E-state index in [-0.39, 0.29) is 0 Å². The Hall–Kier alpha value is -0.200. The van der Waals surface area contributed by atoms with E-state index in [1.807, 2.05) is 0 Å². The van der Waals surface area contributed by atoms with Crippen LogP contribution in [0.3, 0.4) is 0 Å². The van der Waals surface area contributed by atoms with Crippen LogP contribution >= 0.6 is 0 Å². The van der Waals surface area contributed by atoms with Gasteiger partial charge in [0.25, 0.3) is 0 Å². The largest absolute Gasteiger partial charge is 0.389 e. The van der Waals surface area contributed by atoms with Crippen molar-refractivity contribution in [3.63, 3.8) is 0 Å². The molecule has 1 saturated heterocycles. The number of rotatable bonds is 0. The first-order chi connectivity index (χ1) is 5.04. The maximum absolute atomic E-state index is 9.15. The Labute approximate surface area is 64.3 Å². The van der Waals surface area contributed by atoms with E-state index in [1.54, 1.807) is 6.92 Å². The van der Waals surface area contributed by atoms with Crippen LogP contribution in [0.2, 0.25) is 0 Å². The molecule has 0 aromatic rings. The number of aliphatic hydroxyl groups is 4. The van der Waals surface area contributed by atoms with E-state index in [1.165, 1.54) is 0 Å². The van der Waals surface area contributed by atoms with Gasteiger partial charge in [-0.05, 0) is 6.92 Å². The molecule has 0 aromatic carbocycles. The summed E-state index contributed by atoms with van der Waals surface area (Å²) >= 11 is 0. The van der Waals surface area contributed by atoms with Crippen molar-refractivity contribution in [2.24, 2.45) is 0 Å². The summed E-state index contributed by atoms with van der Waals surface area (Å²) in [4.78, 5) is 0. The van der Waals surface area contributed by atoms with Gasteiger partial charge in [0.05, 0.1) is 6.10 Å². The summed E-state index contributed by atoms with van der Waals surface area (Å²) in [6.07, 6.45) is -4.79. The Morgan fingerprint density at radius 1 is 0.909 bits per heavy atom. The summed E-state index contributed by atoms with van der Waals surface area (Å²) in [6.45, 7) is 1.61. The highest BCUT2D eigenvalue weighted by molar-refractivity contribution is 4.91. The van der Waals surface area contributed by atoms with Crippen LogP contribution in [0.1, 0.15) is 6.92 Å². The fourth-order valence-corrected chi connectivity index (χ4v) is 1.15. The van der Waals surface area contributed by atoms with E-state index in [2.05, 4.69) is 5.32 Å². The third-order valence-corrected chi connectivity index (χ3v) is 1.97. The molecule has 0 aromatic heterocycles. The highest BCUT2D eigenvalue weighted by Gasteiger charge is 2.39. The average Bonchev–Trinajstić information content (AvgIpc) is 1.97. The number of hydrogen-bond acceptors (Lipinski definition) is 5. The molecule has 0 bridgehead atoms. The molecule has 1 aliphatic heterocycles. The molecule has 1 fully saturated rings. The molecule has 0 amide bonds. The zero-order chi connectivity index (χ0) is 8.59. The van der Waals surface area contributed by atoms with Gasteiger partial charge in [-0.2, -0.15) is 0 Å². The molecular weight excluding hydrogens is 150 g/mol. The van der Waals surface area contributed by atoms with Gasteiger partial charge in [-0.3, -0.25) is 5.32 Å². The molecule has 5 N–H and O–H groups in total. The van der Waals surface area contributed by atoms with Crippen molar-refractivity contribution in [2.45, 2.75) is 37.5 Å². The predicted molar refractivity (Wildman–Crippen MR) is 36.6 cm³/mol. The lowest BCUT2D eigenvalue weighted by Gasteiger charge is -2.37. The third kappa shape index (κ3) is 1.52. The van der Waals surface area contributed by atoms with Gasteiger partial charge in [0.15, 0.2) is 0 Å². The van der Waals surface area contributed by atoms with Crippen molar-refractivity contribution >= 4 is 0 Å². The van der Waals surface area contributed by atoms with Gasteiger partial charge < -0.3 is 20.4 Å². The molecule has 0 radical (unpaired) electrons. The van der Waals surface area contributed by atoms with Crippen molar-refractivity contribution in [3.8, 4) is 0 Å². The highest BCUT2D eigenvalue weighted by Crippen LogP contribution is 2.13. The van der Waals surface area contributed by atoms with Crippen LogP contribution in [0.25, 0.3) is 0 Å². The molecule has 5 atom stereocenters. The first kappa shape index (κ1) is 8.89. The monoisotopic (exact) mass is 163 g/mol. The minimum Gasteiger partial charge on any atom is -0.389 e. The van der Waals surface area contributed by atoms with E-state index >= 15 is 0 Å². The van der Waals surface area contributed by atoms with E-state index in [9.17, 15) is 0 Å². The second-order valence-electron chi connectivity index (χ2n) is 2.87. The zero-order valence-electron chi connectivity index (χ0n) is 6.18. The van der Waals surface area contributed by atoms with Crippen LogP contribution in [0, 0.1) is 0 Å². The zero-order valence-corrected chi connectivity index (χ0v) is 6.18. The molecule has 5 nitrogen and oxygen atoms in total. The number of hydrogen-bond donors (Lipinski definition) is 5. The van der Waals surface area contributed by atoms with E-state index in [4.69, 9.17) is 20.4 Å². The lowest BCUT2D eigenvalue weighted by Crippen LogP contribution is -2.63. The van der Waals surface area contributed by atoms with Crippen molar-refractivity contribution in [1.29, 1.82) is 0 Å². The molecular formula is C6H13NO4. The van der Waals surface area contributed by atoms with Gasteiger partial charge in [0, 0.05) is 6.04 Å². The smallest absolute Gasteiger partial charge is 0.134 e. The number of piperidine rings is 1. The van der Waals surface area contributed by atoms with E-state index in [0.29, 0.717) is 0 Å². The summed E-state index contributed by atoms with van der Waals surface area (Å²) in [5, 5.41) is 38.8. The standard InChI is InChI=1S/C6H13NO4/c1-2-3(8)4(9)5(10)6(11)7-2/h2-11H,1H3/t2-,3-,4-,5-,6-/m1/s1.